The number of aliphatic carboxylic acids is 2. The SMILES string of the molecule is CC(C)C[C@H](N[C@@H](C)C(=O)N1C[C@@H](NC(=O)C[C@H](N)Cc2cc(F)c(F)cc2F)C[C@H]1C(=O)O)C(=O)O. The van der Waals surface area contributed by atoms with Crippen molar-refractivity contribution in [2.45, 2.75) is 76.7 Å². The van der Waals surface area contributed by atoms with Crippen molar-refractivity contribution in [1.29, 1.82) is 0 Å². The van der Waals surface area contributed by atoms with Crippen molar-refractivity contribution in [3.05, 3.63) is 35.1 Å². The number of carboxylic acid groups (broad SMARTS) is 2. The molecule has 2 amide bonds. The summed E-state index contributed by atoms with van der Waals surface area (Å²) >= 11 is 0. The molecule has 1 aromatic rings. The number of benzene rings is 1. The fourth-order valence-electron chi connectivity index (χ4n) is 4.35. The summed E-state index contributed by atoms with van der Waals surface area (Å²) in [5.41, 5.74) is 5.68. The Bertz CT molecular complexity index is 1020. The molecular weight excluding hydrogens is 497 g/mol. The molecule has 37 heavy (non-hydrogen) atoms. The molecule has 206 valence electrons. The van der Waals surface area contributed by atoms with Gasteiger partial charge >= 0.3 is 11.9 Å². The molecule has 1 aliphatic heterocycles. The fraction of sp³-hybridized carbons (Fsp3) is 0.583. The van der Waals surface area contributed by atoms with Gasteiger partial charge in [0.05, 0.1) is 6.04 Å². The Morgan fingerprint density at radius 3 is 2.27 bits per heavy atom. The number of amides is 2. The first-order valence-electron chi connectivity index (χ1n) is 11.9. The number of nitrogens with two attached hydrogens (primary N) is 1. The third-order valence-electron chi connectivity index (χ3n) is 6.08. The highest BCUT2D eigenvalue weighted by Gasteiger charge is 2.42. The van der Waals surface area contributed by atoms with Gasteiger partial charge in [0.2, 0.25) is 11.8 Å². The number of nitrogens with one attached hydrogen (secondary N) is 2. The molecule has 0 bridgehead atoms. The Labute approximate surface area is 212 Å². The van der Waals surface area contributed by atoms with Gasteiger partial charge in [-0.15, -0.1) is 0 Å². The highest BCUT2D eigenvalue weighted by molar-refractivity contribution is 5.88. The van der Waals surface area contributed by atoms with E-state index in [1.54, 1.807) is 0 Å². The first kappa shape index (κ1) is 30.0. The van der Waals surface area contributed by atoms with Gasteiger partial charge in [0.15, 0.2) is 11.6 Å². The number of halogens is 3. The molecule has 0 radical (unpaired) electrons. The lowest BCUT2D eigenvalue weighted by molar-refractivity contribution is -0.149. The van der Waals surface area contributed by atoms with Gasteiger partial charge in [0, 0.05) is 37.5 Å². The first-order valence-corrected chi connectivity index (χ1v) is 11.9. The molecule has 0 unspecified atom stereocenters. The number of rotatable bonds is 12. The van der Waals surface area contributed by atoms with E-state index in [-0.39, 0.29) is 43.7 Å². The summed E-state index contributed by atoms with van der Waals surface area (Å²) in [6.07, 6.45) is -0.370. The van der Waals surface area contributed by atoms with Gasteiger partial charge < -0.3 is 26.2 Å². The molecule has 1 fully saturated rings. The van der Waals surface area contributed by atoms with Crippen molar-refractivity contribution in [2.75, 3.05) is 6.54 Å². The van der Waals surface area contributed by atoms with Crippen molar-refractivity contribution in [3.8, 4) is 0 Å². The smallest absolute Gasteiger partial charge is 0.326 e. The van der Waals surface area contributed by atoms with Gasteiger partial charge in [-0.1, -0.05) is 13.8 Å². The normalized spacial score (nSPS) is 19.9. The summed E-state index contributed by atoms with van der Waals surface area (Å²) in [5.74, 6) is -7.16. The second-order valence-electron chi connectivity index (χ2n) is 9.78. The maximum atomic E-state index is 13.9. The van der Waals surface area contributed by atoms with E-state index in [4.69, 9.17) is 5.73 Å². The molecular formula is C24H33F3N4O6. The number of nitrogens with zero attached hydrogens (tertiary/aromatic N) is 1. The number of hydrogen-bond donors (Lipinski definition) is 5. The lowest BCUT2D eigenvalue weighted by Gasteiger charge is -2.27. The minimum atomic E-state index is -1.34. The maximum absolute atomic E-state index is 13.9. The number of hydrogen-bond acceptors (Lipinski definition) is 6. The van der Waals surface area contributed by atoms with Crippen LogP contribution in [0.1, 0.15) is 45.6 Å². The monoisotopic (exact) mass is 530 g/mol. The molecule has 0 aromatic heterocycles. The van der Waals surface area contributed by atoms with E-state index in [2.05, 4.69) is 10.6 Å². The van der Waals surface area contributed by atoms with Gasteiger partial charge in [-0.3, -0.25) is 19.7 Å². The number of carbonyl (C=O) groups is 4. The van der Waals surface area contributed by atoms with E-state index < -0.39 is 71.4 Å². The fourth-order valence-corrected chi connectivity index (χ4v) is 4.35. The van der Waals surface area contributed by atoms with E-state index in [0.29, 0.717) is 12.1 Å². The van der Waals surface area contributed by atoms with Crippen LogP contribution in [-0.2, 0) is 25.6 Å². The summed E-state index contributed by atoms with van der Waals surface area (Å²) in [6.45, 7) is 4.99. The van der Waals surface area contributed by atoms with E-state index in [9.17, 15) is 42.6 Å². The molecule has 1 aromatic carbocycles. The van der Waals surface area contributed by atoms with Crippen LogP contribution in [0.25, 0.3) is 0 Å². The van der Waals surface area contributed by atoms with Crippen LogP contribution in [-0.4, -0.2) is 75.6 Å². The third kappa shape index (κ3) is 8.42. The van der Waals surface area contributed by atoms with E-state index >= 15 is 0 Å². The minimum absolute atomic E-state index is 0.0407. The highest BCUT2D eigenvalue weighted by Crippen LogP contribution is 2.21. The molecule has 1 aliphatic rings. The molecule has 0 saturated carbocycles. The molecule has 0 spiro atoms. The highest BCUT2D eigenvalue weighted by atomic mass is 19.2. The van der Waals surface area contributed by atoms with E-state index in [1.807, 2.05) is 13.8 Å². The summed E-state index contributed by atoms with van der Waals surface area (Å²) < 4.78 is 40.3. The molecule has 0 aliphatic carbocycles. The molecule has 13 heteroatoms. The van der Waals surface area contributed by atoms with Crippen LogP contribution in [0.4, 0.5) is 13.2 Å². The molecule has 2 rings (SSSR count). The molecule has 1 saturated heterocycles. The average Bonchev–Trinajstić information content (AvgIpc) is 3.19. The van der Waals surface area contributed by atoms with Gasteiger partial charge in [0.1, 0.15) is 17.9 Å². The summed E-state index contributed by atoms with van der Waals surface area (Å²) in [7, 11) is 0. The predicted molar refractivity (Wildman–Crippen MR) is 126 cm³/mol. The van der Waals surface area contributed by atoms with Crippen molar-refractivity contribution in [3.63, 3.8) is 0 Å². The molecule has 5 atom stereocenters. The van der Waals surface area contributed by atoms with Crippen LogP contribution < -0.4 is 16.4 Å². The second-order valence-corrected chi connectivity index (χ2v) is 9.78. The molecule has 10 nitrogen and oxygen atoms in total. The largest absolute Gasteiger partial charge is 0.480 e. The summed E-state index contributed by atoms with van der Waals surface area (Å²) in [5, 5.41) is 24.3. The standard InChI is InChI=1S/C24H33F3N4O6/c1-11(2)4-19(23(34)35)29-12(3)22(33)31-10-15(8-20(31)24(36)37)30-21(32)7-14(28)5-13-6-17(26)18(27)9-16(13)25/h6,9,11-12,14-15,19-20,29H,4-5,7-8,10,28H2,1-3H3,(H,30,32)(H,34,35)(H,36,37)/t12-,14+,15-,19-,20-/m0/s1. The Balaban J connectivity index is 1.99. The zero-order chi connectivity index (χ0) is 28.0. The topological polar surface area (TPSA) is 162 Å². The van der Waals surface area contributed by atoms with E-state index in [0.717, 1.165) is 4.90 Å². The minimum Gasteiger partial charge on any atom is -0.480 e. The molecule has 1 heterocycles. The van der Waals surface area contributed by atoms with E-state index in [1.165, 1.54) is 6.92 Å². The predicted octanol–water partition coefficient (Wildman–Crippen LogP) is 1.01. The van der Waals surface area contributed by atoms with Crippen LogP contribution in [0.5, 0.6) is 0 Å². The number of carbonyl (C=O) groups excluding carboxylic acids is 2. The van der Waals surface area contributed by atoms with Crippen LogP contribution in [0.15, 0.2) is 12.1 Å². The van der Waals surface area contributed by atoms with Crippen molar-refractivity contribution in [2.24, 2.45) is 11.7 Å². The lowest BCUT2D eigenvalue weighted by atomic mass is 10.0. The second kappa shape index (κ2) is 12.9. The van der Waals surface area contributed by atoms with Crippen LogP contribution >= 0.6 is 0 Å². The van der Waals surface area contributed by atoms with Gasteiger partial charge in [-0.05, 0) is 37.3 Å². The summed E-state index contributed by atoms with van der Waals surface area (Å²) in [6, 6.07) is -3.82. The summed E-state index contributed by atoms with van der Waals surface area (Å²) in [4.78, 5) is 49.8. The average molecular weight is 531 g/mol. The van der Waals surface area contributed by atoms with Crippen LogP contribution in [0.2, 0.25) is 0 Å². The van der Waals surface area contributed by atoms with Crippen molar-refractivity contribution in [1.82, 2.24) is 15.5 Å². The molecule has 6 N–H and O–H groups in total. The Morgan fingerprint density at radius 1 is 1.08 bits per heavy atom. The quantitative estimate of drug-likeness (QED) is 0.250. The Hall–Kier alpha value is -3.19. The van der Waals surface area contributed by atoms with Gasteiger partial charge in [0.25, 0.3) is 0 Å². The third-order valence-corrected chi connectivity index (χ3v) is 6.08. The number of carboxylic acids is 2. The zero-order valence-electron chi connectivity index (χ0n) is 20.8. The lowest BCUT2D eigenvalue weighted by Crippen LogP contribution is -2.53. The van der Waals surface area contributed by atoms with Gasteiger partial charge in [-0.2, -0.15) is 0 Å². The van der Waals surface area contributed by atoms with Crippen LogP contribution in [0.3, 0.4) is 0 Å². The van der Waals surface area contributed by atoms with Crippen LogP contribution in [0, 0.1) is 23.4 Å². The van der Waals surface area contributed by atoms with Gasteiger partial charge in [-0.25, -0.2) is 18.0 Å². The Kier molecular flexibility index (Phi) is 10.4. The van der Waals surface area contributed by atoms with Crippen molar-refractivity contribution >= 4 is 23.8 Å². The number of likely N-dealkylation sites (tertiary alicyclic amines) is 1. The first-order chi connectivity index (χ1) is 17.2. The maximum Gasteiger partial charge on any atom is 0.326 e. The van der Waals surface area contributed by atoms with Crippen molar-refractivity contribution < 1.29 is 42.6 Å². The Morgan fingerprint density at radius 2 is 1.70 bits per heavy atom. The zero-order valence-corrected chi connectivity index (χ0v) is 20.8.